The first-order valence-corrected chi connectivity index (χ1v) is 9.72. The Kier molecular flexibility index (Phi) is 13.9. The van der Waals surface area contributed by atoms with Crippen LogP contribution in [0.25, 0.3) is 0 Å². The van der Waals surface area contributed by atoms with E-state index in [1.54, 1.807) is 0 Å². The lowest BCUT2D eigenvalue weighted by atomic mass is 10.0. The minimum atomic E-state index is 0.196. The largest absolute Gasteiger partial charge is 0.395 e. The average molecular weight is 330 g/mol. The van der Waals surface area contributed by atoms with Crippen LogP contribution >= 0.6 is 0 Å². The number of nitrogens with one attached hydrogen (secondary N) is 2. The van der Waals surface area contributed by atoms with Gasteiger partial charge >= 0.3 is 0 Å². The zero-order chi connectivity index (χ0) is 16.6. The van der Waals surface area contributed by atoms with E-state index in [4.69, 9.17) is 9.84 Å². The summed E-state index contributed by atoms with van der Waals surface area (Å²) < 4.78 is 5.88. The maximum Gasteiger partial charge on any atom is 0.0622 e. The highest BCUT2D eigenvalue weighted by Crippen LogP contribution is 2.13. The van der Waals surface area contributed by atoms with Crippen molar-refractivity contribution in [3.63, 3.8) is 0 Å². The van der Waals surface area contributed by atoms with E-state index in [0.29, 0.717) is 12.6 Å². The van der Waals surface area contributed by atoms with Gasteiger partial charge in [-0.3, -0.25) is 4.90 Å². The van der Waals surface area contributed by atoms with Crippen molar-refractivity contribution in [1.82, 2.24) is 15.5 Å². The van der Waals surface area contributed by atoms with Crippen LogP contribution in [0.1, 0.15) is 51.9 Å². The monoisotopic (exact) mass is 329 g/mol. The molecule has 0 amide bonds. The zero-order valence-corrected chi connectivity index (χ0v) is 15.2. The quantitative estimate of drug-likeness (QED) is 0.399. The Bertz CT molecular complexity index is 232. The van der Waals surface area contributed by atoms with E-state index in [-0.39, 0.29) is 6.61 Å². The minimum absolute atomic E-state index is 0.196. The molecule has 0 aromatic heterocycles. The summed E-state index contributed by atoms with van der Waals surface area (Å²) in [6.45, 7) is 10.0. The molecule has 1 aliphatic rings. The summed E-state index contributed by atoms with van der Waals surface area (Å²) in [5.74, 6) is 0. The Hall–Kier alpha value is -0.200. The predicted octanol–water partition coefficient (Wildman–Crippen LogP) is 1.61. The SMILES string of the molecule is CCCCCCCCC(COCCNCCO)N1CCNCC1. The number of rotatable bonds is 15. The highest BCUT2D eigenvalue weighted by molar-refractivity contribution is 4.76. The van der Waals surface area contributed by atoms with E-state index in [9.17, 15) is 0 Å². The summed E-state index contributed by atoms with van der Waals surface area (Å²) >= 11 is 0. The predicted molar refractivity (Wildman–Crippen MR) is 97.0 cm³/mol. The Labute approximate surface area is 143 Å². The summed E-state index contributed by atoms with van der Waals surface area (Å²) in [4.78, 5) is 2.60. The molecular formula is C18H39N3O2. The number of hydrogen-bond donors (Lipinski definition) is 3. The van der Waals surface area contributed by atoms with Gasteiger partial charge in [-0.2, -0.15) is 0 Å². The van der Waals surface area contributed by atoms with E-state index in [2.05, 4.69) is 22.5 Å². The van der Waals surface area contributed by atoms with Gasteiger partial charge < -0.3 is 20.5 Å². The summed E-state index contributed by atoms with van der Waals surface area (Å²) in [5.41, 5.74) is 0. The number of ether oxygens (including phenoxy) is 1. The molecule has 1 atom stereocenters. The van der Waals surface area contributed by atoms with Gasteiger partial charge in [0.1, 0.15) is 0 Å². The smallest absolute Gasteiger partial charge is 0.0622 e. The number of hydrogen-bond acceptors (Lipinski definition) is 5. The van der Waals surface area contributed by atoms with Gasteiger partial charge in [0.25, 0.3) is 0 Å². The second-order valence-electron chi connectivity index (χ2n) is 6.54. The molecule has 0 aromatic rings. The Morgan fingerprint density at radius 1 is 1.09 bits per heavy atom. The van der Waals surface area contributed by atoms with Crippen LogP contribution in [-0.4, -0.2) is 75.1 Å². The molecule has 1 unspecified atom stereocenters. The highest BCUT2D eigenvalue weighted by Gasteiger charge is 2.20. The average Bonchev–Trinajstić information content (AvgIpc) is 2.60. The molecule has 0 radical (unpaired) electrons. The van der Waals surface area contributed by atoms with Crippen molar-refractivity contribution >= 4 is 0 Å². The molecule has 0 saturated carbocycles. The Morgan fingerprint density at radius 2 is 1.83 bits per heavy atom. The second kappa shape index (κ2) is 15.3. The number of aliphatic hydroxyl groups excluding tert-OH is 1. The van der Waals surface area contributed by atoms with Crippen molar-refractivity contribution in [3.05, 3.63) is 0 Å². The molecule has 1 heterocycles. The maximum absolute atomic E-state index is 8.74. The molecule has 0 aliphatic carbocycles. The van der Waals surface area contributed by atoms with Crippen LogP contribution in [-0.2, 0) is 4.74 Å². The third-order valence-corrected chi connectivity index (χ3v) is 4.58. The van der Waals surface area contributed by atoms with Gasteiger partial charge in [-0.1, -0.05) is 45.4 Å². The fourth-order valence-corrected chi connectivity index (χ4v) is 3.15. The minimum Gasteiger partial charge on any atom is -0.395 e. The zero-order valence-electron chi connectivity index (χ0n) is 15.2. The first kappa shape index (κ1) is 20.8. The maximum atomic E-state index is 8.74. The number of unbranched alkanes of at least 4 members (excludes halogenated alkanes) is 5. The Balaban J connectivity index is 2.17. The van der Waals surface area contributed by atoms with Crippen molar-refractivity contribution in [1.29, 1.82) is 0 Å². The van der Waals surface area contributed by atoms with Gasteiger partial charge in [-0.25, -0.2) is 0 Å². The van der Waals surface area contributed by atoms with Crippen molar-refractivity contribution in [3.8, 4) is 0 Å². The van der Waals surface area contributed by atoms with Crippen LogP contribution in [0.2, 0.25) is 0 Å². The van der Waals surface area contributed by atoms with E-state index >= 15 is 0 Å². The van der Waals surface area contributed by atoms with E-state index in [0.717, 1.165) is 45.9 Å². The summed E-state index contributed by atoms with van der Waals surface area (Å²) in [5, 5.41) is 15.3. The molecule has 5 heteroatoms. The molecule has 138 valence electrons. The molecule has 1 fully saturated rings. The van der Waals surface area contributed by atoms with Gasteiger partial charge in [0, 0.05) is 45.3 Å². The molecule has 0 bridgehead atoms. The van der Waals surface area contributed by atoms with Crippen molar-refractivity contribution in [2.45, 2.75) is 57.9 Å². The van der Waals surface area contributed by atoms with Crippen molar-refractivity contribution in [2.75, 3.05) is 59.1 Å². The van der Waals surface area contributed by atoms with Crippen LogP contribution in [0.15, 0.2) is 0 Å². The van der Waals surface area contributed by atoms with Crippen LogP contribution in [0, 0.1) is 0 Å². The van der Waals surface area contributed by atoms with Crippen molar-refractivity contribution < 1.29 is 9.84 Å². The van der Waals surface area contributed by atoms with E-state index in [1.165, 1.54) is 44.9 Å². The van der Waals surface area contributed by atoms with E-state index in [1.807, 2.05) is 0 Å². The van der Waals surface area contributed by atoms with Gasteiger partial charge in [-0.15, -0.1) is 0 Å². The molecular weight excluding hydrogens is 290 g/mol. The molecule has 5 nitrogen and oxygen atoms in total. The van der Waals surface area contributed by atoms with Crippen LogP contribution < -0.4 is 10.6 Å². The lowest BCUT2D eigenvalue weighted by Gasteiger charge is -2.35. The lowest BCUT2D eigenvalue weighted by Crippen LogP contribution is -2.50. The second-order valence-corrected chi connectivity index (χ2v) is 6.54. The summed E-state index contributed by atoms with van der Waals surface area (Å²) in [6, 6.07) is 0.570. The number of aliphatic hydroxyl groups is 1. The summed E-state index contributed by atoms with van der Waals surface area (Å²) in [7, 11) is 0. The fourth-order valence-electron chi connectivity index (χ4n) is 3.15. The first-order chi connectivity index (χ1) is 11.4. The number of nitrogens with zero attached hydrogens (tertiary/aromatic N) is 1. The first-order valence-electron chi connectivity index (χ1n) is 9.72. The molecule has 0 spiro atoms. The summed E-state index contributed by atoms with van der Waals surface area (Å²) in [6.07, 6.45) is 9.42. The molecule has 1 rings (SSSR count). The molecule has 1 aliphatic heterocycles. The van der Waals surface area contributed by atoms with Gasteiger partial charge in [0.2, 0.25) is 0 Å². The normalized spacial score (nSPS) is 17.5. The molecule has 0 aromatic carbocycles. The number of piperazine rings is 1. The topological polar surface area (TPSA) is 56.8 Å². The van der Waals surface area contributed by atoms with Crippen LogP contribution in [0.4, 0.5) is 0 Å². The van der Waals surface area contributed by atoms with Crippen LogP contribution in [0.3, 0.4) is 0 Å². The highest BCUT2D eigenvalue weighted by atomic mass is 16.5. The van der Waals surface area contributed by atoms with Gasteiger partial charge in [0.15, 0.2) is 0 Å². The van der Waals surface area contributed by atoms with Gasteiger partial charge in [-0.05, 0) is 6.42 Å². The standard InChI is InChI=1S/C18H39N3O2/c1-2-3-4-5-6-7-8-18(21-13-9-19-10-14-21)17-23-16-12-20-11-15-22/h18-20,22H,2-17H2,1H3. The Morgan fingerprint density at radius 3 is 2.57 bits per heavy atom. The molecule has 23 heavy (non-hydrogen) atoms. The van der Waals surface area contributed by atoms with E-state index < -0.39 is 0 Å². The third-order valence-electron chi connectivity index (χ3n) is 4.58. The van der Waals surface area contributed by atoms with Crippen molar-refractivity contribution in [2.24, 2.45) is 0 Å². The van der Waals surface area contributed by atoms with Gasteiger partial charge in [0.05, 0.1) is 19.8 Å². The fraction of sp³-hybridized carbons (Fsp3) is 1.00. The third kappa shape index (κ3) is 11.1. The molecule has 1 saturated heterocycles. The molecule has 3 N–H and O–H groups in total. The van der Waals surface area contributed by atoms with Crippen LogP contribution in [0.5, 0.6) is 0 Å². The lowest BCUT2D eigenvalue weighted by molar-refractivity contribution is 0.0493.